The number of nitrogens with one attached hydrogen (secondary N) is 2. The van der Waals surface area contributed by atoms with Crippen LogP contribution in [0.15, 0.2) is 23.0 Å². The van der Waals surface area contributed by atoms with Gasteiger partial charge < -0.3 is 9.97 Å². The Labute approximate surface area is 117 Å². The van der Waals surface area contributed by atoms with Gasteiger partial charge in [0, 0.05) is 0 Å². The summed E-state index contributed by atoms with van der Waals surface area (Å²) in [7, 11) is 0. The minimum atomic E-state index is -0.163. The zero-order chi connectivity index (χ0) is 13.2. The van der Waals surface area contributed by atoms with E-state index in [1.807, 2.05) is 18.2 Å². The van der Waals surface area contributed by atoms with Crippen molar-refractivity contribution in [1.29, 1.82) is 0 Å². The molecule has 4 heteroatoms. The number of fused-ring (bicyclic) bond motifs is 1. The third-order valence-electron chi connectivity index (χ3n) is 4.20. The molecule has 3 rings (SSSR count). The lowest BCUT2D eigenvalue weighted by Crippen LogP contribution is -1.99. The van der Waals surface area contributed by atoms with Crippen LogP contribution in [0.25, 0.3) is 11.0 Å². The van der Waals surface area contributed by atoms with Gasteiger partial charge in [0.25, 0.3) is 0 Å². The number of benzene rings is 1. The molecule has 1 aromatic carbocycles. The van der Waals surface area contributed by atoms with Crippen LogP contribution in [0, 0.1) is 5.92 Å². The quantitative estimate of drug-likeness (QED) is 0.813. The van der Waals surface area contributed by atoms with Crippen molar-refractivity contribution in [3.05, 3.63) is 34.2 Å². The lowest BCUT2D eigenvalue weighted by molar-refractivity contribution is 0.480. The van der Waals surface area contributed by atoms with Crippen molar-refractivity contribution in [1.82, 2.24) is 9.97 Å². The standard InChI is InChI=1S/C15H19ClN2O/c16-12(7-5-10-3-1-2-4-10)11-6-8-13-14(9-11)18-15(19)17-13/h6,8-10,12H,1-5,7H2,(H2,17,18,19). The van der Waals surface area contributed by atoms with Crippen LogP contribution >= 0.6 is 11.6 Å². The van der Waals surface area contributed by atoms with E-state index in [2.05, 4.69) is 9.97 Å². The molecule has 0 spiro atoms. The number of aromatic nitrogens is 2. The Bertz CT molecular complexity index is 610. The molecule has 0 bridgehead atoms. The largest absolute Gasteiger partial charge is 0.323 e. The number of rotatable bonds is 4. The monoisotopic (exact) mass is 278 g/mol. The van der Waals surface area contributed by atoms with Crippen molar-refractivity contribution in [3.63, 3.8) is 0 Å². The Hall–Kier alpha value is -1.22. The molecule has 1 aliphatic rings. The molecule has 1 saturated carbocycles. The van der Waals surface area contributed by atoms with Gasteiger partial charge in [0.1, 0.15) is 0 Å². The van der Waals surface area contributed by atoms with E-state index < -0.39 is 0 Å². The topological polar surface area (TPSA) is 48.6 Å². The Balaban J connectivity index is 1.69. The maximum Gasteiger partial charge on any atom is 0.323 e. The lowest BCUT2D eigenvalue weighted by atomic mass is 9.98. The summed E-state index contributed by atoms with van der Waals surface area (Å²) in [5.41, 5.74) is 2.62. The average Bonchev–Trinajstić information content (AvgIpc) is 3.02. The summed E-state index contributed by atoms with van der Waals surface area (Å²) >= 11 is 6.49. The maximum atomic E-state index is 11.2. The number of hydrogen-bond acceptors (Lipinski definition) is 1. The van der Waals surface area contributed by atoms with Gasteiger partial charge in [-0.1, -0.05) is 31.7 Å². The second-order valence-corrected chi connectivity index (χ2v) is 6.11. The van der Waals surface area contributed by atoms with Gasteiger partial charge in [-0.05, 0) is 36.5 Å². The number of imidazole rings is 1. The average molecular weight is 279 g/mol. The van der Waals surface area contributed by atoms with Gasteiger partial charge in [-0.2, -0.15) is 0 Å². The van der Waals surface area contributed by atoms with Crippen molar-refractivity contribution in [2.45, 2.75) is 43.9 Å². The predicted octanol–water partition coefficient (Wildman–Crippen LogP) is 4.11. The molecule has 0 aliphatic heterocycles. The molecule has 0 saturated heterocycles. The third-order valence-corrected chi connectivity index (χ3v) is 4.68. The van der Waals surface area contributed by atoms with Crippen molar-refractivity contribution >= 4 is 22.6 Å². The first kappa shape index (κ1) is 12.8. The molecule has 0 radical (unpaired) electrons. The fourth-order valence-corrected chi connectivity index (χ4v) is 3.35. The summed E-state index contributed by atoms with van der Waals surface area (Å²) < 4.78 is 0. The zero-order valence-electron chi connectivity index (χ0n) is 10.9. The Morgan fingerprint density at radius 3 is 2.74 bits per heavy atom. The van der Waals surface area contributed by atoms with Gasteiger partial charge in [0.15, 0.2) is 0 Å². The second kappa shape index (κ2) is 5.41. The maximum absolute atomic E-state index is 11.2. The molecule has 3 nitrogen and oxygen atoms in total. The molecule has 1 aliphatic carbocycles. The van der Waals surface area contributed by atoms with Crippen LogP contribution in [0.4, 0.5) is 0 Å². The molecule has 2 aromatic rings. The summed E-state index contributed by atoms with van der Waals surface area (Å²) in [5.74, 6) is 0.872. The van der Waals surface area contributed by atoms with E-state index in [4.69, 9.17) is 11.6 Å². The fraction of sp³-hybridized carbons (Fsp3) is 0.533. The van der Waals surface area contributed by atoms with Crippen LogP contribution in [0.1, 0.15) is 49.5 Å². The molecule has 1 aromatic heterocycles. The summed E-state index contributed by atoms with van der Waals surface area (Å²) in [6.07, 6.45) is 7.74. The number of hydrogen-bond donors (Lipinski definition) is 2. The van der Waals surface area contributed by atoms with Crippen LogP contribution in [0.5, 0.6) is 0 Å². The molecule has 102 valence electrons. The predicted molar refractivity (Wildman–Crippen MR) is 78.7 cm³/mol. The van der Waals surface area contributed by atoms with Gasteiger partial charge in [-0.15, -0.1) is 11.6 Å². The van der Waals surface area contributed by atoms with Crippen LogP contribution in [-0.2, 0) is 0 Å². The number of alkyl halides is 1. The Morgan fingerprint density at radius 1 is 1.21 bits per heavy atom. The van der Waals surface area contributed by atoms with Gasteiger partial charge in [-0.3, -0.25) is 0 Å². The normalized spacial score (nSPS) is 18.2. The summed E-state index contributed by atoms with van der Waals surface area (Å²) in [6.45, 7) is 0. The van der Waals surface area contributed by atoms with Gasteiger partial charge in [0.2, 0.25) is 0 Å². The van der Waals surface area contributed by atoms with Gasteiger partial charge >= 0.3 is 5.69 Å². The molecular formula is C15H19ClN2O. The molecule has 1 heterocycles. The SMILES string of the molecule is O=c1[nH]c2ccc(C(Cl)CCC3CCCC3)cc2[nH]1. The van der Waals surface area contributed by atoms with Crippen molar-refractivity contribution < 1.29 is 0 Å². The van der Waals surface area contributed by atoms with Crippen molar-refractivity contribution in [3.8, 4) is 0 Å². The fourth-order valence-electron chi connectivity index (χ4n) is 3.09. The van der Waals surface area contributed by atoms with Crippen LogP contribution in [-0.4, -0.2) is 9.97 Å². The third kappa shape index (κ3) is 2.86. The van der Waals surface area contributed by atoms with Crippen LogP contribution in [0.2, 0.25) is 0 Å². The molecule has 1 fully saturated rings. The van der Waals surface area contributed by atoms with E-state index in [-0.39, 0.29) is 11.1 Å². The minimum absolute atomic E-state index is 0.0448. The Kier molecular flexibility index (Phi) is 3.65. The van der Waals surface area contributed by atoms with Crippen LogP contribution in [0.3, 0.4) is 0 Å². The first-order valence-corrected chi connectivity index (χ1v) is 7.52. The molecule has 19 heavy (non-hydrogen) atoms. The molecule has 1 atom stereocenters. The smallest absolute Gasteiger partial charge is 0.306 e. The first-order valence-electron chi connectivity index (χ1n) is 7.08. The first-order chi connectivity index (χ1) is 9.22. The summed E-state index contributed by atoms with van der Waals surface area (Å²) in [4.78, 5) is 16.8. The zero-order valence-corrected chi connectivity index (χ0v) is 11.7. The molecule has 0 amide bonds. The van der Waals surface area contributed by atoms with E-state index in [0.717, 1.165) is 28.9 Å². The molecule has 2 N–H and O–H groups in total. The highest BCUT2D eigenvalue weighted by Gasteiger charge is 2.17. The van der Waals surface area contributed by atoms with Gasteiger partial charge in [-0.25, -0.2) is 4.79 Å². The Morgan fingerprint density at radius 2 is 1.95 bits per heavy atom. The van der Waals surface area contributed by atoms with E-state index in [0.29, 0.717) is 0 Å². The number of halogens is 1. The summed E-state index contributed by atoms with van der Waals surface area (Å²) in [6, 6.07) is 5.92. The highest BCUT2D eigenvalue weighted by Crippen LogP contribution is 2.34. The number of aromatic amines is 2. The summed E-state index contributed by atoms with van der Waals surface area (Å²) in [5, 5.41) is 0.0448. The lowest BCUT2D eigenvalue weighted by Gasteiger charge is -2.13. The molecule has 1 unspecified atom stereocenters. The highest BCUT2D eigenvalue weighted by atomic mass is 35.5. The van der Waals surface area contributed by atoms with E-state index >= 15 is 0 Å². The second-order valence-electron chi connectivity index (χ2n) is 5.58. The highest BCUT2D eigenvalue weighted by molar-refractivity contribution is 6.20. The minimum Gasteiger partial charge on any atom is -0.306 e. The van der Waals surface area contributed by atoms with Crippen LogP contribution < -0.4 is 5.69 Å². The number of H-pyrrole nitrogens is 2. The van der Waals surface area contributed by atoms with E-state index in [1.165, 1.54) is 32.1 Å². The van der Waals surface area contributed by atoms with Crippen molar-refractivity contribution in [2.24, 2.45) is 5.92 Å². The van der Waals surface area contributed by atoms with E-state index in [9.17, 15) is 4.79 Å². The van der Waals surface area contributed by atoms with E-state index in [1.54, 1.807) is 0 Å². The molecular weight excluding hydrogens is 260 g/mol. The van der Waals surface area contributed by atoms with Gasteiger partial charge in [0.05, 0.1) is 16.4 Å². The van der Waals surface area contributed by atoms with Crippen molar-refractivity contribution in [2.75, 3.05) is 0 Å².